The van der Waals surface area contributed by atoms with E-state index in [2.05, 4.69) is 0 Å². The second-order valence-corrected chi connectivity index (χ2v) is 2.83. The van der Waals surface area contributed by atoms with Crippen molar-refractivity contribution in [2.75, 3.05) is 19.9 Å². The maximum Gasteiger partial charge on any atom is 0.281 e. The van der Waals surface area contributed by atoms with Gasteiger partial charge in [0.1, 0.15) is 5.56 Å². The molecule has 0 fully saturated rings. The van der Waals surface area contributed by atoms with E-state index in [-0.39, 0.29) is 11.5 Å². The summed E-state index contributed by atoms with van der Waals surface area (Å²) in [6.45, 7) is 0. The Labute approximate surface area is 75.3 Å². The van der Waals surface area contributed by atoms with E-state index in [1.165, 1.54) is 17.2 Å². The molecule has 0 unspecified atom stereocenters. The highest BCUT2D eigenvalue weighted by molar-refractivity contribution is 5.93. The van der Waals surface area contributed by atoms with Gasteiger partial charge >= 0.3 is 0 Å². The van der Waals surface area contributed by atoms with E-state index in [0.717, 1.165) is 4.68 Å². The Hall–Kier alpha value is -1.78. The van der Waals surface area contributed by atoms with Crippen LogP contribution in [0.2, 0.25) is 0 Å². The molecule has 5 heteroatoms. The van der Waals surface area contributed by atoms with Gasteiger partial charge in [-0.25, -0.2) is 4.68 Å². The van der Waals surface area contributed by atoms with Gasteiger partial charge in [0, 0.05) is 20.3 Å². The molecule has 0 spiro atoms. The summed E-state index contributed by atoms with van der Waals surface area (Å²) in [7, 11) is 3.16. The predicted molar refractivity (Wildman–Crippen MR) is 48.9 cm³/mol. The first kappa shape index (κ1) is 9.31. The molecule has 1 aromatic rings. The standard InChI is InChI=1S/C8H11N3O2/c1-10(2)7(12)6-4-3-5-11(9)8(6)13/h3-5H,9H2,1-2H3. The van der Waals surface area contributed by atoms with E-state index >= 15 is 0 Å². The molecule has 0 aliphatic carbocycles. The molecule has 0 aliphatic heterocycles. The Bertz CT molecular complexity index is 381. The predicted octanol–water partition coefficient (Wildman–Crippen LogP) is -0.736. The largest absolute Gasteiger partial charge is 0.345 e. The molecule has 1 heterocycles. The van der Waals surface area contributed by atoms with Gasteiger partial charge in [0.05, 0.1) is 0 Å². The molecule has 2 N–H and O–H groups in total. The fourth-order valence-electron chi connectivity index (χ4n) is 0.914. The van der Waals surface area contributed by atoms with E-state index in [0.29, 0.717) is 0 Å². The molecule has 1 amide bonds. The smallest absolute Gasteiger partial charge is 0.281 e. The number of pyridine rings is 1. The summed E-state index contributed by atoms with van der Waals surface area (Å²) in [4.78, 5) is 24.0. The zero-order valence-corrected chi connectivity index (χ0v) is 7.52. The van der Waals surface area contributed by atoms with Crippen LogP contribution in [0.15, 0.2) is 23.1 Å². The van der Waals surface area contributed by atoms with Crippen molar-refractivity contribution in [2.24, 2.45) is 0 Å². The molecule has 13 heavy (non-hydrogen) atoms. The maximum absolute atomic E-state index is 11.4. The fraction of sp³-hybridized carbons (Fsp3) is 0.250. The first-order valence-electron chi connectivity index (χ1n) is 3.72. The molecule has 0 saturated carbocycles. The van der Waals surface area contributed by atoms with Crippen LogP contribution in [0, 0.1) is 0 Å². The third-order valence-corrected chi connectivity index (χ3v) is 1.61. The van der Waals surface area contributed by atoms with Crippen molar-refractivity contribution in [2.45, 2.75) is 0 Å². The van der Waals surface area contributed by atoms with Gasteiger partial charge in [-0.2, -0.15) is 0 Å². The van der Waals surface area contributed by atoms with Crippen LogP contribution in [0.25, 0.3) is 0 Å². The summed E-state index contributed by atoms with van der Waals surface area (Å²) in [6, 6.07) is 3.01. The van der Waals surface area contributed by atoms with Gasteiger partial charge in [0.25, 0.3) is 11.5 Å². The summed E-state index contributed by atoms with van der Waals surface area (Å²) < 4.78 is 0.886. The number of nitrogens with two attached hydrogens (primary N) is 1. The van der Waals surface area contributed by atoms with Crippen LogP contribution in [0.5, 0.6) is 0 Å². The molecule has 0 radical (unpaired) electrons. The zero-order valence-electron chi connectivity index (χ0n) is 7.52. The molecular formula is C8H11N3O2. The van der Waals surface area contributed by atoms with Gasteiger partial charge in [-0.05, 0) is 12.1 Å². The quantitative estimate of drug-likeness (QED) is 0.580. The van der Waals surface area contributed by atoms with Crippen LogP contribution < -0.4 is 11.4 Å². The maximum atomic E-state index is 11.4. The zero-order chi connectivity index (χ0) is 10.0. The number of carbonyl (C=O) groups excluding carboxylic acids is 1. The van der Waals surface area contributed by atoms with Crippen LogP contribution in [0.4, 0.5) is 0 Å². The Balaban J connectivity index is 3.24. The van der Waals surface area contributed by atoms with E-state index in [1.54, 1.807) is 20.2 Å². The molecule has 5 nitrogen and oxygen atoms in total. The highest BCUT2D eigenvalue weighted by Gasteiger charge is 2.12. The SMILES string of the molecule is CN(C)C(=O)c1cccn(N)c1=O. The third kappa shape index (κ3) is 1.69. The summed E-state index contributed by atoms with van der Waals surface area (Å²) in [5, 5.41) is 0. The molecular weight excluding hydrogens is 170 g/mol. The summed E-state index contributed by atoms with van der Waals surface area (Å²) >= 11 is 0. The summed E-state index contributed by atoms with van der Waals surface area (Å²) in [5.41, 5.74) is -0.406. The minimum atomic E-state index is -0.485. The van der Waals surface area contributed by atoms with Crippen LogP contribution in [-0.4, -0.2) is 29.6 Å². The van der Waals surface area contributed by atoms with Crippen LogP contribution in [0.3, 0.4) is 0 Å². The van der Waals surface area contributed by atoms with Crippen molar-refractivity contribution in [3.05, 3.63) is 34.2 Å². The molecule has 0 bridgehead atoms. The number of nitrogens with zero attached hydrogens (tertiary/aromatic N) is 2. The average Bonchev–Trinajstić information content (AvgIpc) is 2.08. The minimum absolute atomic E-state index is 0.0787. The van der Waals surface area contributed by atoms with Crippen LogP contribution in [0.1, 0.15) is 10.4 Å². The second kappa shape index (κ2) is 3.30. The van der Waals surface area contributed by atoms with Gasteiger partial charge in [0.2, 0.25) is 0 Å². The molecule has 1 aromatic heterocycles. The lowest BCUT2D eigenvalue weighted by Crippen LogP contribution is -2.34. The molecule has 0 aliphatic rings. The lowest BCUT2D eigenvalue weighted by atomic mass is 10.2. The van der Waals surface area contributed by atoms with Crippen molar-refractivity contribution in [3.63, 3.8) is 0 Å². The second-order valence-electron chi connectivity index (χ2n) is 2.83. The van der Waals surface area contributed by atoms with Gasteiger partial charge < -0.3 is 10.7 Å². The van der Waals surface area contributed by atoms with E-state index in [4.69, 9.17) is 5.84 Å². The Kier molecular flexibility index (Phi) is 2.36. The van der Waals surface area contributed by atoms with E-state index in [1.807, 2.05) is 0 Å². The lowest BCUT2D eigenvalue weighted by Gasteiger charge is -2.09. The van der Waals surface area contributed by atoms with Crippen molar-refractivity contribution < 1.29 is 4.79 Å². The molecule has 1 rings (SSSR count). The number of aromatic nitrogens is 1. The van der Waals surface area contributed by atoms with Gasteiger partial charge in [-0.1, -0.05) is 0 Å². The molecule has 0 atom stereocenters. The number of nitrogen functional groups attached to an aromatic ring is 1. The Morgan fingerprint density at radius 1 is 1.54 bits per heavy atom. The molecule has 0 saturated heterocycles. The first-order chi connectivity index (χ1) is 6.04. The van der Waals surface area contributed by atoms with Crippen molar-refractivity contribution in [1.82, 2.24) is 9.58 Å². The minimum Gasteiger partial charge on any atom is -0.345 e. The van der Waals surface area contributed by atoms with Crippen molar-refractivity contribution >= 4 is 5.91 Å². The number of hydrogen-bond acceptors (Lipinski definition) is 3. The van der Waals surface area contributed by atoms with Crippen LogP contribution in [-0.2, 0) is 0 Å². The summed E-state index contributed by atoms with van der Waals surface area (Å²) in [6.07, 6.45) is 1.40. The van der Waals surface area contributed by atoms with Gasteiger partial charge in [0.15, 0.2) is 0 Å². The fourth-order valence-corrected chi connectivity index (χ4v) is 0.914. The normalized spacial score (nSPS) is 9.69. The molecule has 0 aromatic carbocycles. The Morgan fingerprint density at radius 2 is 2.15 bits per heavy atom. The topological polar surface area (TPSA) is 68.3 Å². The van der Waals surface area contributed by atoms with Gasteiger partial charge in [-0.3, -0.25) is 9.59 Å². The number of rotatable bonds is 1. The third-order valence-electron chi connectivity index (χ3n) is 1.61. The highest BCUT2D eigenvalue weighted by atomic mass is 16.2. The Morgan fingerprint density at radius 3 is 2.69 bits per heavy atom. The number of carbonyl (C=O) groups is 1. The first-order valence-corrected chi connectivity index (χ1v) is 3.72. The highest BCUT2D eigenvalue weighted by Crippen LogP contribution is 1.94. The van der Waals surface area contributed by atoms with Gasteiger partial charge in [-0.15, -0.1) is 0 Å². The van der Waals surface area contributed by atoms with Crippen LogP contribution >= 0.6 is 0 Å². The lowest BCUT2D eigenvalue weighted by molar-refractivity contribution is 0.0825. The number of hydrogen-bond donors (Lipinski definition) is 1. The van der Waals surface area contributed by atoms with E-state index in [9.17, 15) is 9.59 Å². The number of amides is 1. The summed E-state index contributed by atoms with van der Waals surface area (Å²) in [5.74, 6) is 4.95. The average molecular weight is 181 g/mol. The van der Waals surface area contributed by atoms with E-state index < -0.39 is 5.56 Å². The van der Waals surface area contributed by atoms with Crippen molar-refractivity contribution in [1.29, 1.82) is 0 Å². The molecule has 70 valence electrons. The monoisotopic (exact) mass is 181 g/mol. The van der Waals surface area contributed by atoms with Crippen molar-refractivity contribution in [3.8, 4) is 0 Å².